The third kappa shape index (κ3) is 7.53. The van der Waals surface area contributed by atoms with Crippen molar-refractivity contribution in [3.05, 3.63) is 148 Å². The molecule has 6 aromatic rings. The van der Waals surface area contributed by atoms with Gasteiger partial charge in [0.1, 0.15) is 11.5 Å². The summed E-state index contributed by atoms with van der Waals surface area (Å²) in [5, 5.41) is 0. The lowest BCUT2D eigenvalue weighted by atomic mass is 9.81. The van der Waals surface area contributed by atoms with Crippen LogP contribution in [0.4, 0.5) is 0 Å². The number of allylic oxidation sites excluding steroid dienone is 2. The van der Waals surface area contributed by atoms with Gasteiger partial charge < -0.3 is 9.47 Å². The molecule has 2 atom stereocenters. The summed E-state index contributed by atoms with van der Waals surface area (Å²) in [5.41, 5.74) is 21.1. The molecule has 0 aliphatic heterocycles. The molecule has 2 aliphatic carbocycles. The van der Waals surface area contributed by atoms with Crippen molar-refractivity contribution < 1.29 is 9.47 Å². The van der Waals surface area contributed by atoms with Crippen LogP contribution in [0.15, 0.2) is 72.8 Å². The fraction of sp³-hybridized carbons (Fsp3) is 0.357. The standard InChI is InChI=1S/C56H64O2S2Si/c1-31-21-32(2)24-37(23-31)49-39-27-43(47-19-17-35(5)59-47)53(41(39)29-45(51(49)57-13)55(7,8)9)61(15,16)54-42-30-46(56(10,11)12)52(58-14)50(38-25-33(3)22-34(4)26-38)40(42)28-44(54)48-20-18-36(6)60-48/h17-30,53-54H,1-16H3. The number of hydrogen-bond acceptors (Lipinski definition) is 4. The molecular weight excluding hydrogens is 797 g/mol. The van der Waals surface area contributed by atoms with E-state index in [1.54, 1.807) is 0 Å². The summed E-state index contributed by atoms with van der Waals surface area (Å²) in [4.78, 5) is 5.43. The largest absolute Gasteiger partial charge is 0.496 e. The summed E-state index contributed by atoms with van der Waals surface area (Å²) >= 11 is 3.87. The van der Waals surface area contributed by atoms with Crippen LogP contribution in [0, 0.1) is 41.5 Å². The molecule has 316 valence electrons. The van der Waals surface area contributed by atoms with Gasteiger partial charge in [-0.3, -0.25) is 0 Å². The second kappa shape index (κ2) is 15.4. The molecule has 0 bridgehead atoms. The van der Waals surface area contributed by atoms with Crippen molar-refractivity contribution in [3.63, 3.8) is 0 Å². The highest BCUT2D eigenvalue weighted by Crippen LogP contribution is 2.62. The minimum Gasteiger partial charge on any atom is -0.496 e. The number of fused-ring (bicyclic) bond motifs is 2. The number of thiophene rings is 2. The third-order valence-corrected chi connectivity index (χ3v) is 19.4. The predicted molar refractivity (Wildman–Crippen MR) is 270 cm³/mol. The van der Waals surface area contributed by atoms with Gasteiger partial charge in [0, 0.05) is 52.8 Å². The molecule has 0 N–H and O–H groups in total. The quantitative estimate of drug-likeness (QED) is 0.142. The number of aryl methyl sites for hydroxylation is 6. The number of benzene rings is 4. The van der Waals surface area contributed by atoms with Gasteiger partial charge in [0.05, 0.1) is 22.3 Å². The van der Waals surface area contributed by atoms with Gasteiger partial charge in [-0.1, -0.05) is 125 Å². The van der Waals surface area contributed by atoms with Crippen LogP contribution in [-0.2, 0) is 10.8 Å². The van der Waals surface area contributed by atoms with Gasteiger partial charge in [-0.2, -0.15) is 0 Å². The van der Waals surface area contributed by atoms with Crippen LogP contribution in [0.3, 0.4) is 0 Å². The third-order valence-electron chi connectivity index (χ3n) is 13.1. The lowest BCUT2D eigenvalue weighted by molar-refractivity contribution is 0.399. The molecule has 4 aromatic carbocycles. The molecule has 2 nitrogen and oxygen atoms in total. The summed E-state index contributed by atoms with van der Waals surface area (Å²) in [7, 11) is 1.20. The van der Waals surface area contributed by atoms with E-state index in [4.69, 9.17) is 9.47 Å². The molecule has 61 heavy (non-hydrogen) atoms. The van der Waals surface area contributed by atoms with Gasteiger partial charge in [-0.15, -0.1) is 22.7 Å². The first-order chi connectivity index (χ1) is 28.6. The topological polar surface area (TPSA) is 18.5 Å². The Labute approximate surface area is 375 Å². The Morgan fingerprint density at radius 2 is 0.836 bits per heavy atom. The van der Waals surface area contributed by atoms with E-state index in [1.807, 2.05) is 36.9 Å². The average molecular weight is 861 g/mol. The first-order valence-corrected chi connectivity index (χ1v) is 26.7. The zero-order valence-electron chi connectivity index (χ0n) is 39.4. The van der Waals surface area contributed by atoms with E-state index >= 15 is 0 Å². The Hall–Kier alpha value is -4.42. The van der Waals surface area contributed by atoms with Crippen LogP contribution in [0.5, 0.6) is 11.5 Å². The number of hydrogen-bond donors (Lipinski definition) is 0. The van der Waals surface area contributed by atoms with Crippen molar-refractivity contribution in [3.8, 4) is 33.8 Å². The maximum Gasteiger partial charge on any atom is 0.131 e. The van der Waals surface area contributed by atoms with Crippen LogP contribution in [-0.4, -0.2) is 22.3 Å². The summed E-state index contributed by atoms with van der Waals surface area (Å²) in [5.74, 6) is 1.99. The van der Waals surface area contributed by atoms with E-state index in [1.165, 1.54) is 109 Å². The highest BCUT2D eigenvalue weighted by Gasteiger charge is 2.51. The van der Waals surface area contributed by atoms with E-state index in [2.05, 4.69) is 181 Å². The van der Waals surface area contributed by atoms with E-state index in [0.29, 0.717) is 0 Å². The molecule has 0 saturated carbocycles. The molecule has 5 heteroatoms. The monoisotopic (exact) mass is 860 g/mol. The molecule has 0 fully saturated rings. The van der Waals surface area contributed by atoms with E-state index in [-0.39, 0.29) is 21.9 Å². The Morgan fingerprint density at radius 3 is 1.11 bits per heavy atom. The Morgan fingerprint density at radius 1 is 0.492 bits per heavy atom. The fourth-order valence-electron chi connectivity index (χ4n) is 10.7. The predicted octanol–water partition coefficient (Wildman–Crippen LogP) is 16.4. The maximum absolute atomic E-state index is 6.56. The zero-order chi connectivity index (χ0) is 44.1. The number of rotatable bonds is 8. The van der Waals surface area contributed by atoms with Gasteiger partial charge in [-0.05, 0) is 133 Å². The van der Waals surface area contributed by atoms with Crippen molar-refractivity contribution in [2.75, 3.05) is 14.2 Å². The number of ether oxygens (including phenoxy) is 2. The Kier molecular flexibility index (Phi) is 10.9. The van der Waals surface area contributed by atoms with Gasteiger partial charge in [0.2, 0.25) is 0 Å². The van der Waals surface area contributed by atoms with Crippen LogP contribution < -0.4 is 9.47 Å². The van der Waals surface area contributed by atoms with E-state index < -0.39 is 8.07 Å². The minimum atomic E-state index is -2.53. The summed E-state index contributed by atoms with van der Waals surface area (Å²) < 4.78 is 13.1. The molecule has 2 unspecified atom stereocenters. The first kappa shape index (κ1) is 43.2. The van der Waals surface area contributed by atoms with Gasteiger partial charge in [0.15, 0.2) is 0 Å². The van der Waals surface area contributed by atoms with Crippen molar-refractivity contribution >= 4 is 54.0 Å². The van der Waals surface area contributed by atoms with Crippen LogP contribution in [0.1, 0.15) is 128 Å². The molecule has 0 amide bonds. The first-order valence-electron chi connectivity index (χ1n) is 21.9. The molecule has 2 heterocycles. The normalized spacial score (nSPS) is 16.4. The van der Waals surface area contributed by atoms with Crippen molar-refractivity contribution in [2.24, 2.45) is 0 Å². The van der Waals surface area contributed by atoms with Crippen molar-refractivity contribution in [1.82, 2.24) is 0 Å². The highest BCUT2D eigenvalue weighted by molar-refractivity contribution is 7.13. The highest BCUT2D eigenvalue weighted by atomic mass is 32.1. The van der Waals surface area contributed by atoms with Crippen molar-refractivity contribution in [1.29, 1.82) is 0 Å². The van der Waals surface area contributed by atoms with Crippen LogP contribution in [0.25, 0.3) is 45.6 Å². The van der Waals surface area contributed by atoms with Gasteiger partial charge in [0.25, 0.3) is 0 Å². The van der Waals surface area contributed by atoms with E-state index in [9.17, 15) is 0 Å². The SMILES string of the molecule is COc1c(C(C)(C)C)cc2c(c1-c1cc(C)cc(C)c1)C=C(c1ccc(C)s1)C2[Si](C)(C)C1C(c2ccc(C)s2)=Cc2c1cc(C(C)(C)C)c(OC)c2-c1cc(C)cc(C)c1. The second-order valence-electron chi connectivity index (χ2n) is 20.6. The molecule has 2 aromatic heterocycles. The minimum absolute atomic E-state index is 0.148. The molecule has 8 rings (SSSR count). The van der Waals surface area contributed by atoms with Gasteiger partial charge in [-0.25, -0.2) is 0 Å². The molecule has 2 aliphatic rings. The van der Waals surface area contributed by atoms with Gasteiger partial charge >= 0.3 is 0 Å². The van der Waals surface area contributed by atoms with Crippen LogP contribution >= 0.6 is 22.7 Å². The Bertz CT molecular complexity index is 2560. The summed E-state index contributed by atoms with van der Waals surface area (Å²) in [6, 6.07) is 28.5. The summed E-state index contributed by atoms with van der Waals surface area (Å²) in [6.07, 6.45) is 5.15. The van der Waals surface area contributed by atoms with Crippen LogP contribution in [0.2, 0.25) is 13.1 Å². The Balaban J connectivity index is 1.49. The molecular formula is C56H64O2S2Si. The average Bonchev–Trinajstić information content (AvgIpc) is 3.96. The van der Waals surface area contributed by atoms with Crippen molar-refractivity contribution in [2.45, 2.75) is 118 Å². The smallest absolute Gasteiger partial charge is 0.131 e. The molecule has 0 spiro atoms. The second-order valence-corrected chi connectivity index (χ2v) is 28.0. The fourth-order valence-corrected chi connectivity index (χ4v) is 17.3. The number of methoxy groups -OCH3 is 2. The molecule has 0 radical (unpaired) electrons. The lowest BCUT2D eigenvalue weighted by Crippen LogP contribution is -2.42. The zero-order valence-corrected chi connectivity index (χ0v) is 42.0. The lowest BCUT2D eigenvalue weighted by Gasteiger charge is -2.41. The summed E-state index contributed by atoms with van der Waals surface area (Å²) in [6.45, 7) is 32.8. The maximum atomic E-state index is 6.56. The molecule has 0 saturated heterocycles. The van der Waals surface area contributed by atoms with E-state index in [0.717, 1.165) is 11.5 Å².